The standard InChI is InChI=1S/C13H14N4O2/c1-8-10(18)3-2-6-17(8)13(19)9-4-5-14-12-11(9)15-7-16-12/h4-5,7-8H,2-3,6H2,1H3,(H,14,15,16). The fourth-order valence-corrected chi connectivity index (χ4v) is 2.46. The zero-order chi connectivity index (χ0) is 13.4. The molecule has 1 amide bonds. The molecule has 0 aromatic carbocycles. The summed E-state index contributed by atoms with van der Waals surface area (Å²) in [6, 6.07) is 1.31. The molecular weight excluding hydrogens is 244 g/mol. The zero-order valence-electron chi connectivity index (χ0n) is 10.6. The molecule has 0 aliphatic carbocycles. The number of hydrogen-bond acceptors (Lipinski definition) is 4. The van der Waals surface area contributed by atoms with Crippen molar-refractivity contribution in [3.05, 3.63) is 24.2 Å². The molecule has 3 heterocycles. The number of rotatable bonds is 1. The van der Waals surface area contributed by atoms with E-state index in [4.69, 9.17) is 0 Å². The number of pyridine rings is 1. The highest BCUT2D eigenvalue weighted by atomic mass is 16.2. The molecule has 0 radical (unpaired) electrons. The van der Waals surface area contributed by atoms with Gasteiger partial charge in [0.2, 0.25) is 0 Å². The van der Waals surface area contributed by atoms with Crippen molar-refractivity contribution in [1.82, 2.24) is 19.9 Å². The van der Waals surface area contributed by atoms with Gasteiger partial charge < -0.3 is 9.88 Å². The number of aromatic nitrogens is 3. The van der Waals surface area contributed by atoms with Gasteiger partial charge in [-0.1, -0.05) is 0 Å². The number of carbonyl (C=O) groups is 2. The van der Waals surface area contributed by atoms with E-state index in [0.717, 1.165) is 6.42 Å². The Bertz CT molecular complexity index is 649. The monoisotopic (exact) mass is 258 g/mol. The highest BCUT2D eigenvalue weighted by molar-refractivity contribution is 6.05. The van der Waals surface area contributed by atoms with Crippen molar-refractivity contribution in [3.8, 4) is 0 Å². The van der Waals surface area contributed by atoms with Crippen molar-refractivity contribution >= 4 is 22.9 Å². The van der Waals surface area contributed by atoms with E-state index in [1.807, 2.05) is 0 Å². The van der Waals surface area contributed by atoms with E-state index < -0.39 is 0 Å². The van der Waals surface area contributed by atoms with Gasteiger partial charge >= 0.3 is 0 Å². The molecule has 3 rings (SSSR count). The molecule has 1 aliphatic heterocycles. The van der Waals surface area contributed by atoms with Gasteiger partial charge in [-0.3, -0.25) is 9.59 Å². The van der Waals surface area contributed by atoms with Gasteiger partial charge in [0.05, 0.1) is 23.4 Å². The number of likely N-dealkylation sites (tertiary alicyclic amines) is 1. The normalized spacial score (nSPS) is 19.9. The van der Waals surface area contributed by atoms with E-state index in [1.165, 1.54) is 6.33 Å². The van der Waals surface area contributed by atoms with Crippen molar-refractivity contribution in [2.45, 2.75) is 25.8 Å². The lowest BCUT2D eigenvalue weighted by Gasteiger charge is -2.32. The Kier molecular flexibility index (Phi) is 2.77. The van der Waals surface area contributed by atoms with Gasteiger partial charge in [0.1, 0.15) is 0 Å². The number of hydrogen-bond donors (Lipinski definition) is 1. The fraction of sp³-hybridized carbons (Fsp3) is 0.385. The average molecular weight is 258 g/mol. The minimum absolute atomic E-state index is 0.120. The van der Waals surface area contributed by atoms with Gasteiger partial charge in [-0.25, -0.2) is 9.97 Å². The summed E-state index contributed by atoms with van der Waals surface area (Å²) >= 11 is 0. The summed E-state index contributed by atoms with van der Waals surface area (Å²) < 4.78 is 0. The molecule has 1 aliphatic rings. The maximum Gasteiger partial charge on any atom is 0.256 e. The van der Waals surface area contributed by atoms with Crippen molar-refractivity contribution < 1.29 is 9.59 Å². The topological polar surface area (TPSA) is 79.0 Å². The molecule has 0 saturated carbocycles. The maximum atomic E-state index is 12.6. The highest BCUT2D eigenvalue weighted by Crippen LogP contribution is 2.20. The highest BCUT2D eigenvalue weighted by Gasteiger charge is 2.30. The van der Waals surface area contributed by atoms with Gasteiger partial charge in [0.15, 0.2) is 11.4 Å². The summed E-state index contributed by atoms with van der Waals surface area (Å²) in [4.78, 5) is 37.0. The molecule has 98 valence electrons. The Morgan fingerprint density at radius 3 is 3.16 bits per heavy atom. The molecule has 1 fully saturated rings. The molecule has 1 saturated heterocycles. The third-order valence-electron chi connectivity index (χ3n) is 3.57. The Balaban J connectivity index is 1.99. The second-order valence-corrected chi connectivity index (χ2v) is 4.70. The maximum absolute atomic E-state index is 12.6. The van der Waals surface area contributed by atoms with Crippen LogP contribution in [0.15, 0.2) is 18.6 Å². The predicted octanol–water partition coefficient (Wildman–Crippen LogP) is 1.15. The van der Waals surface area contributed by atoms with Crippen molar-refractivity contribution in [3.63, 3.8) is 0 Å². The number of nitrogens with one attached hydrogen (secondary N) is 1. The van der Waals surface area contributed by atoms with Gasteiger partial charge in [-0.05, 0) is 19.4 Å². The fourth-order valence-electron chi connectivity index (χ4n) is 2.46. The lowest BCUT2D eigenvalue weighted by molar-refractivity contribution is -0.125. The predicted molar refractivity (Wildman–Crippen MR) is 68.6 cm³/mol. The first kappa shape index (κ1) is 11.8. The number of imidazole rings is 1. The summed E-state index contributed by atoms with van der Waals surface area (Å²) in [7, 11) is 0. The molecule has 0 bridgehead atoms. The van der Waals surface area contributed by atoms with Crippen LogP contribution in [0.3, 0.4) is 0 Å². The first-order valence-corrected chi connectivity index (χ1v) is 6.30. The van der Waals surface area contributed by atoms with Crippen molar-refractivity contribution in [1.29, 1.82) is 0 Å². The number of Topliss-reactive ketones (excluding diaryl/α,β-unsaturated/α-hetero) is 1. The quantitative estimate of drug-likeness (QED) is 0.832. The van der Waals surface area contributed by atoms with Crippen LogP contribution in [0.1, 0.15) is 30.1 Å². The molecule has 2 aromatic heterocycles. The third-order valence-corrected chi connectivity index (χ3v) is 3.57. The summed E-state index contributed by atoms with van der Waals surface area (Å²) in [6.07, 6.45) is 4.36. The van der Waals surface area contributed by atoms with Crippen LogP contribution in [0.2, 0.25) is 0 Å². The molecule has 1 atom stereocenters. The molecule has 6 nitrogen and oxygen atoms in total. The van der Waals surface area contributed by atoms with Gasteiger partial charge in [-0.2, -0.15) is 0 Å². The Morgan fingerprint density at radius 2 is 2.32 bits per heavy atom. The van der Waals surface area contributed by atoms with Gasteiger partial charge in [0.25, 0.3) is 5.91 Å². The second-order valence-electron chi connectivity index (χ2n) is 4.70. The summed E-state index contributed by atoms with van der Waals surface area (Å²) in [6.45, 7) is 2.40. The first-order valence-electron chi connectivity index (χ1n) is 6.30. The van der Waals surface area contributed by atoms with Crippen LogP contribution in [0.5, 0.6) is 0 Å². The SMILES string of the molecule is CC1C(=O)CCCN1C(=O)c1ccnc2nc[nH]c12. The number of amides is 1. The molecule has 2 aromatic rings. The summed E-state index contributed by atoms with van der Waals surface area (Å²) in [5.41, 5.74) is 1.66. The van der Waals surface area contributed by atoms with Crippen LogP contribution in [0.25, 0.3) is 11.2 Å². The molecule has 19 heavy (non-hydrogen) atoms. The summed E-state index contributed by atoms with van der Waals surface area (Å²) in [5.74, 6) is -0.0216. The number of piperidine rings is 1. The first-order chi connectivity index (χ1) is 9.18. The Morgan fingerprint density at radius 1 is 1.47 bits per heavy atom. The van der Waals surface area contributed by atoms with Crippen LogP contribution in [0.4, 0.5) is 0 Å². The third kappa shape index (κ3) is 1.89. The van der Waals surface area contributed by atoms with Crippen LogP contribution in [0, 0.1) is 0 Å². The van der Waals surface area contributed by atoms with E-state index >= 15 is 0 Å². The van der Waals surface area contributed by atoms with Crippen LogP contribution >= 0.6 is 0 Å². The number of ketones is 1. The van der Waals surface area contributed by atoms with Gasteiger partial charge in [0, 0.05) is 19.2 Å². The lowest BCUT2D eigenvalue weighted by Crippen LogP contribution is -2.47. The zero-order valence-corrected chi connectivity index (χ0v) is 10.6. The lowest BCUT2D eigenvalue weighted by atomic mass is 10.0. The van der Waals surface area contributed by atoms with Gasteiger partial charge in [-0.15, -0.1) is 0 Å². The van der Waals surface area contributed by atoms with Crippen LogP contribution in [-0.4, -0.2) is 44.1 Å². The van der Waals surface area contributed by atoms with Crippen molar-refractivity contribution in [2.75, 3.05) is 6.54 Å². The van der Waals surface area contributed by atoms with E-state index in [0.29, 0.717) is 29.7 Å². The van der Waals surface area contributed by atoms with E-state index in [1.54, 1.807) is 24.1 Å². The number of carbonyl (C=O) groups excluding carboxylic acids is 2. The van der Waals surface area contributed by atoms with E-state index in [2.05, 4.69) is 15.0 Å². The smallest absolute Gasteiger partial charge is 0.256 e. The molecule has 6 heteroatoms. The van der Waals surface area contributed by atoms with Crippen LogP contribution < -0.4 is 0 Å². The van der Waals surface area contributed by atoms with Crippen LogP contribution in [-0.2, 0) is 4.79 Å². The number of H-pyrrole nitrogens is 1. The minimum Gasteiger partial charge on any atom is -0.343 e. The number of nitrogens with zero attached hydrogens (tertiary/aromatic N) is 3. The molecular formula is C13H14N4O2. The molecule has 1 N–H and O–H groups in total. The average Bonchev–Trinajstić information content (AvgIpc) is 2.89. The largest absolute Gasteiger partial charge is 0.343 e. The Hall–Kier alpha value is -2.24. The van der Waals surface area contributed by atoms with Crippen molar-refractivity contribution in [2.24, 2.45) is 0 Å². The number of aromatic amines is 1. The Labute approximate surface area is 109 Å². The molecule has 0 spiro atoms. The second kappa shape index (κ2) is 4.46. The minimum atomic E-state index is -0.354. The molecule has 1 unspecified atom stereocenters. The van der Waals surface area contributed by atoms with E-state index in [9.17, 15) is 9.59 Å². The summed E-state index contributed by atoms with van der Waals surface area (Å²) in [5, 5.41) is 0. The number of fused-ring (bicyclic) bond motifs is 1. The van der Waals surface area contributed by atoms with E-state index in [-0.39, 0.29) is 17.7 Å².